The van der Waals surface area contributed by atoms with Gasteiger partial charge in [-0.05, 0) is 52.7 Å². The van der Waals surface area contributed by atoms with Gasteiger partial charge in [0, 0.05) is 111 Å². The largest absolute Gasteiger partial charge is 0.507 e. The van der Waals surface area contributed by atoms with Crippen LogP contribution >= 0.6 is 0 Å². The minimum atomic E-state index is -1.90. The lowest BCUT2D eigenvalue weighted by atomic mass is 9.71. The Morgan fingerprint density at radius 3 is 1.04 bits per heavy atom. The van der Waals surface area contributed by atoms with Gasteiger partial charge in [-0.15, -0.1) is 0 Å². The molecule has 0 saturated carbocycles. The quantitative estimate of drug-likeness (QED) is 0.00735. The molecule has 2 fully saturated rings. The number of ether oxygens (including phenoxy) is 6. The molecule has 6 aliphatic rings. The predicted octanol–water partition coefficient (Wildman–Crippen LogP) is 12.1. The van der Waals surface area contributed by atoms with Gasteiger partial charge in [-0.25, -0.2) is 0 Å². The number of Topliss-reactive ketones (excluding diaryl/α,β-unsaturated/α-hetero) is 2. The van der Waals surface area contributed by atoms with E-state index in [9.17, 15) is 79.8 Å². The minimum absolute atomic E-state index is 0.0136. The zero-order valence-electron chi connectivity index (χ0n) is 71.1. The molecule has 12 atom stereocenters. The SMILES string of the molecule is CCCCCCCCCCCCC(C)=O.CCCCCCCCCCCCCCCCCCC(C)=O.CN/N=C(/CO)C1(O)Cc2c(O)c3c(c(O)c2C(OC2CC(N)C(O)C(C)O2)C1)C(=O)c1c(OC)cccc1C3=O.CN/N=C(/CO)C1(O)Cc2c(O)c3c(c(O)c2C(OC2CC(N)C(O)C(C)O2)C1)C(=O)c1c(OC)cccc1C3=O. The van der Waals surface area contributed by atoms with Gasteiger partial charge in [-0.3, -0.25) is 19.2 Å². The summed E-state index contributed by atoms with van der Waals surface area (Å²) in [6.07, 6.45) is 28.3. The summed E-state index contributed by atoms with van der Waals surface area (Å²) >= 11 is 0. The number of carbonyl (C=O) groups excluding carboxylic acids is 6. The molecule has 0 bridgehead atoms. The predicted molar refractivity (Wildman–Crippen MR) is 448 cm³/mol. The Bertz CT molecular complexity index is 3830. The maximum atomic E-state index is 13.8. The van der Waals surface area contributed by atoms with Crippen molar-refractivity contribution in [3.8, 4) is 34.5 Å². The van der Waals surface area contributed by atoms with E-state index in [1.165, 1.54) is 219 Å². The van der Waals surface area contributed by atoms with E-state index in [-0.39, 0.29) is 106 Å². The zero-order valence-corrected chi connectivity index (χ0v) is 71.1. The van der Waals surface area contributed by atoms with Gasteiger partial charge in [0.05, 0.1) is 109 Å². The van der Waals surface area contributed by atoms with Crippen molar-refractivity contribution in [3.05, 3.63) is 103 Å². The number of fused-ring (bicyclic) bond motifs is 6. The molecule has 16 N–H and O–H groups in total. The third-order valence-electron chi connectivity index (χ3n) is 23.4. The molecule has 4 aromatic carbocycles. The lowest BCUT2D eigenvalue weighted by molar-refractivity contribution is -0.246. The lowest BCUT2D eigenvalue weighted by Crippen LogP contribution is -2.53. The van der Waals surface area contributed by atoms with Crippen LogP contribution in [-0.4, -0.2) is 199 Å². The number of hydrazone groups is 2. The van der Waals surface area contributed by atoms with Crippen LogP contribution in [0, 0.1) is 0 Å². The van der Waals surface area contributed by atoms with Crippen LogP contribution in [0.1, 0.15) is 345 Å². The van der Waals surface area contributed by atoms with Crippen molar-refractivity contribution in [1.29, 1.82) is 0 Å². The van der Waals surface area contributed by atoms with Crippen molar-refractivity contribution >= 4 is 46.1 Å². The lowest BCUT2D eigenvalue weighted by Gasteiger charge is -2.43. The number of aliphatic hydroxyl groups is 6. The van der Waals surface area contributed by atoms with Gasteiger partial charge < -0.3 is 111 Å². The van der Waals surface area contributed by atoms with E-state index >= 15 is 0 Å². The number of nitrogens with two attached hydrogens (primary N) is 2. The highest BCUT2D eigenvalue weighted by Gasteiger charge is 2.52. The van der Waals surface area contributed by atoms with Gasteiger partial charge in [0.1, 0.15) is 57.3 Å². The fraction of sp³-hybridized carbons (Fsp3) is 0.644. The molecule has 4 aromatic rings. The van der Waals surface area contributed by atoms with Gasteiger partial charge in [0.25, 0.3) is 0 Å². The molecule has 0 spiro atoms. The molecule has 0 radical (unpaired) electrons. The Morgan fingerprint density at radius 1 is 0.475 bits per heavy atom. The number of methoxy groups -OCH3 is 2. The van der Waals surface area contributed by atoms with Crippen molar-refractivity contribution in [3.63, 3.8) is 0 Å². The van der Waals surface area contributed by atoms with Gasteiger partial charge in [-0.1, -0.05) is 192 Å². The van der Waals surface area contributed by atoms with Crippen LogP contribution in [0.4, 0.5) is 0 Å². The summed E-state index contributed by atoms with van der Waals surface area (Å²) in [4.78, 5) is 76.2. The van der Waals surface area contributed by atoms with E-state index in [1.54, 1.807) is 27.7 Å². The summed E-state index contributed by atoms with van der Waals surface area (Å²) in [6.45, 7) is 9.85. The molecule has 28 heteroatoms. The Hall–Kier alpha value is -7.84. The Morgan fingerprint density at radius 2 is 0.771 bits per heavy atom. The Kier molecular flexibility index (Phi) is 39.1. The Balaban J connectivity index is 0.000000234. The van der Waals surface area contributed by atoms with E-state index in [4.69, 9.17) is 39.9 Å². The third kappa shape index (κ3) is 24.7. The minimum Gasteiger partial charge on any atom is -0.507 e. The molecule has 656 valence electrons. The van der Waals surface area contributed by atoms with Crippen LogP contribution in [0.3, 0.4) is 0 Å². The zero-order chi connectivity index (χ0) is 86.6. The summed E-state index contributed by atoms with van der Waals surface area (Å²) in [5, 5.41) is 118. The van der Waals surface area contributed by atoms with E-state index < -0.39 is 154 Å². The van der Waals surface area contributed by atoms with Crippen LogP contribution in [0.5, 0.6) is 34.5 Å². The summed E-state index contributed by atoms with van der Waals surface area (Å²) in [7, 11) is 5.64. The van der Waals surface area contributed by atoms with Gasteiger partial charge in [0.15, 0.2) is 24.1 Å². The first kappa shape index (κ1) is 97.3. The summed E-state index contributed by atoms with van der Waals surface area (Å²) in [5.41, 5.74) is 11.2. The maximum Gasteiger partial charge on any atom is 0.202 e. The smallest absolute Gasteiger partial charge is 0.202 e. The first-order chi connectivity index (χ1) is 56.5. The molecule has 28 nitrogen and oxygen atoms in total. The molecule has 0 amide bonds. The summed E-state index contributed by atoms with van der Waals surface area (Å²) in [6, 6.07) is 7.52. The standard InChI is InChI=1S/2C28H33N3O10.C20H40O.C14H28O/c2*1-11-23(33)14(29)7-18(40-11)41-16-9-28(38,17(10-32)31-30-2)8-13-20(16)27(37)22-21(25(13)35)24(34)12-5-4-6-15(39-3)19(12)26(22)36;1-3-4-5-6-7-8-9-10-11-12-13-14-15-16-17-18-19-20(2)21;1-3-4-5-6-7-8-9-10-11-12-13-14(2)15/h2*4-6,11,14,16,18,23,30,32-33,35,37-38H,7-10,29H2,1-3H3;3-19H2,1-2H3;3-13H2,1-2H3/b2*31-17-;;. The van der Waals surface area contributed by atoms with E-state index in [0.29, 0.717) is 11.6 Å². The number of aliphatic hydroxyl groups excluding tert-OH is 4. The van der Waals surface area contributed by atoms with E-state index in [1.807, 2.05) is 0 Å². The number of phenols is 4. The average molecular weight is 1650 g/mol. The molecule has 118 heavy (non-hydrogen) atoms. The monoisotopic (exact) mass is 1650 g/mol. The number of hydrogen-bond acceptors (Lipinski definition) is 28. The number of rotatable bonds is 40. The van der Waals surface area contributed by atoms with E-state index in [0.717, 1.165) is 25.7 Å². The number of nitrogens with zero attached hydrogens (tertiary/aromatic N) is 2. The molecule has 2 aliphatic heterocycles. The number of phenolic OH excluding ortho intramolecular Hbond substituents is 4. The van der Waals surface area contributed by atoms with Crippen LogP contribution in [0.2, 0.25) is 0 Å². The highest BCUT2D eigenvalue weighted by Crippen LogP contribution is 2.55. The summed E-state index contributed by atoms with van der Waals surface area (Å²) < 4.78 is 34.6. The molecule has 2 heterocycles. The molecular weight excluding hydrogens is 1520 g/mol. The topological polar surface area (TPSA) is 461 Å². The number of aromatic hydroxyl groups is 4. The second kappa shape index (κ2) is 47.4. The first-order valence-corrected chi connectivity index (χ1v) is 42.8. The van der Waals surface area contributed by atoms with Crippen LogP contribution < -0.4 is 31.8 Å². The normalized spacial score (nSPS) is 23.7. The third-order valence-corrected chi connectivity index (χ3v) is 23.4. The number of nitrogens with one attached hydrogen (secondary N) is 2. The van der Waals surface area contributed by atoms with Gasteiger partial charge in [-0.2, -0.15) is 10.2 Å². The molecule has 0 aromatic heterocycles. The second-order valence-electron chi connectivity index (χ2n) is 32.4. The number of ketones is 6. The number of hydrogen-bond donors (Lipinski definition) is 14. The van der Waals surface area contributed by atoms with E-state index in [2.05, 4.69) is 34.9 Å². The fourth-order valence-electron chi connectivity index (χ4n) is 16.8. The molecule has 2 saturated heterocycles. The maximum absolute atomic E-state index is 13.8. The summed E-state index contributed by atoms with van der Waals surface area (Å²) in [5.74, 6) is -4.39. The molecular formula is C90H134N6O22. The van der Waals surface area contributed by atoms with Crippen molar-refractivity contribution in [2.24, 2.45) is 21.7 Å². The van der Waals surface area contributed by atoms with Crippen molar-refractivity contribution in [2.45, 2.75) is 332 Å². The van der Waals surface area contributed by atoms with Crippen LogP contribution in [0.25, 0.3) is 0 Å². The second-order valence-corrected chi connectivity index (χ2v) is 32.4. The van der Waals surface area contributed by atoms with Crippen LogP contribution in [0.15, 0.2) is 46.6 Å². The number of carbonyl (C=O) groups is 6. The molecule has 12 unspecified atom stereocenters. The Labute approximate surface area is 695 Å². The van der Waals surface area contributed by atoms with Crippen molar-refractivity contribution in [2.75, 3.05) is 41.5 Å². The first-order valence-electron chi connectivity index (χ1n) is 42.8. The van der Waals surface area contributed by atoms with Crippen molar-refractivity contribution in [1.82, 2.24) is 10.9 Å². The highest BCUT2D eigenvalue weighted by molar-refractivity contribution is 6.32. The van der Waals surface area contributed by atoms with Crippen LogP contribution in [-0.2, 0) is 41.4 Å². The van der Waals surface area contributed by atoms with Gasteiger partial charge in [0.2, 0.25) is 11.6 Å². The van der Waals surface area contributed by atoms with Crippen molar-refractivity contribution < 1.29 is 108 Å². The highest BCUT2D eigenvalue weighted by atomic mass is 16.7. The number of unbranched alkanes of at least 4 members (excludes halogenated alkanes) is 24. The molecule has 10 rings (SSSR count). The van der Waals surface area contributed by atoms with Gasteiger partial charge >= 0.3 is 0 Å². The fourth-order valence-corrected chi connectivity index (χ4v) is 16.8. The molecule has 4 aliphatic carbocycles. The average Bonchev–Trinajstić information content (AvgIpc) is 0.715. The number of benzene rings is 4.